The maximum absolute atomic E-state index is 12.5. The molecular formula is C20H20N6O2. The standard InChI is InChI=1S/C20H20N6O2/c1-12-7-19(21)24-13(2)16(12)9-22-20(27)14-8-23-26(10-14)11-17-15-5-3-4-6-18(15)28-25-17/h3-8,10H,9,11H2,1-2H3,(H2,21,24)(H,22,27). The van der Waals surface area contributed by atoms with Crippen molar-refractivity contribution in [1.82, 2.24) is 25.2 Å². The summed E-state index contributed by atoms with van der Waals surface area (Å²) in [5, 5.41) is 12.2. The summed E-state index contributed by atoms with van der Waals surface area (Å²) in [7, 11) is 0. The van der Waals surface area contributed by atoms with Crippen LogP contribution in [0.15, 0.2) is 47.2 Å². The van der Waals surface area contributed by atoms with Gasteiger partial charge in [-0.1, -0.05) is 17.3 Å². The predicted octanol–water partition coefficient (Wildman–Crippen LogP) is 2.60. The number of aromatic nitrogens is 4. The number of rotatable bonds is 5. The molecule has 4 rings (SSSR count). The summed E-state index contributed by atoms with van der Waals surface area (Å²) in [6.45, 7) is 4.63. The number of aryl methyl sites for hydroxylation is 2. The summed E-state index contributed by atoms with van der Waals surface area (Å²) in [4.78, 5) is 16.7. The number of benzene rings is 1. The molecule has 0 unspecified atom stereocenters. The van der Waals surface area contributed by atoms with Gasteiger partial charge in [-0.15, -0.1) is 0 Å². The number of hydrogen-bond donors (Lipinski definition) is 2. The van der Waals surface area contributed by atoms with Gasteiger partial charge in [0.05, 0.1) is 18.3 Å². The first-order valence-corrected chi connectivity index (χ1v) is 8.88. The van der Waals surface area contributed by atoms with E-state index in [1.54, 1.807) is 23.1 Å². The first-order valence-electron chi connectivity index (χ1n) is 8.88. The van der Waals surface area contributed by atoms with Gasteiger partial charge >= 0.3 is 0 Å². The minimum Gasteiger partial charge on any atom is -0.384 e. The Kier molecular flexibility index (Phi) is 4.52. The largest absolute Gasteiger partial charge is 0.384 e. The van der Waals surface area contributed by atoms with Crippen LogP contribution >= 0.6 is 0 Å². The highest BCUT2D eigenvalue weighted by molar-refractivity contribution is 5.93. The number of amides is 1. The van der Waals surface area contributed by atoms with E-state index in [0.717, 1.165) is 33.5 Å². The van der Waals surface area contributed by atoms with Crippen LogP contribution in [0.1, 0.15) is 32.9 Å². The van der Waals surface area contributed by atoms with Gasteiger partial charge in [0.2, 0.25) is 0 Å². The predicted molar refractivity (Wildman–Crippen MR) is 105 cm³/mol. The molecule has 0 aliphatic carbocycles. The number of nitrogens with two attached hydrogens (primary N) is 1. The van der Waals surface area contributed by atoms with Crippen LogP contribution in [0.3, 0.4) is 0 Å². The Bertz CT molecular complexity index is 1140. The van der Waals surface area contributed by atoms with Crippen molar-refractivity contribution in [2.45, 2.75) is 26.9 Å². The van der Waals surface area contributed by atoms with Crippen LogP contribution in [0.2, 0.25) is 0 Å². The zero-order valence-corrected chi connectivity index (χ0v) is 15.6. The van der Waals surface area contributed by atoms with Crippen molar-refractivity contribution in [3.8, 4) is 0 Å². The lowest BCUT2D eigenvalue weighted by atomic mass is 10.1. The molecule has 28 heavy (non-hydrogen) atoms. The van der Waals surface area contributed by atoms with Crippen LogP contribution in [0.4, 0.5) is 5.82 Å². The average Bonchev–Trinajstić information content (AvgIpc) is 3.29. The molecule has 3 heterocycles. The number of hydrogen-bond acceptors (Lipinski definition) is 6. The van der Waals surface area contributed by atoms with E-state index in [9.17, 15) is 4.79 Å². The summed E-state index contributed by atoms with van der Waals surface area (Å²) in [5.74, 6) is 0.276. The first-order chi connectivity index (χ1) is 13.5. The zero-order valence-electron chi connectivity index (χ0n) is 15.6. The Balaban J connectivity index is 1.45. The lowest BCUT2D eigenvalue weighted by Crippen LogP contribution is -2.23. The minimum atomic E-state index is -0.202. The van der Waals surface area contributed by atoms with Gasteiger partial charge in [-0.25, -0.2) is 4.98 Å². The topological polar surface area (TPSA) is 112 Å². The summed E-state index contributed by atoms with van der Waals surface area (Å²) in [6.07, 6.45) is 3.23. The first kappa shape index (κ1) is 17.7. The van der Waals surface area contributed by atoms with Crippen LogP contribution in [-0.2, 0) is 13.1 Å². The number of nitrogen functional groups attached to an aromatic ring is 1. The van der Waals surface area contributed by atoms with Gasteiger partial charge in [0, 0.05) is 23.8 Å². The molecule has 0 aliphatic rings. The minimum absolute atomic E-state index is 0.202. The quantitative estimate of drug-likeness (QED) is 0.554. The van der Waals surface area contributed by atoms with Gasteiger partial charge in [0.15, 0.2) is 5.58 Å². The lowest BCUT2D eigenvalue weighted by molar-refractivity contribution is 0.0950. The molecule has 3 N–H and O–H groups in total. The smallest absolute Gasteiger partial charge is 0.254 e. The van der Waals surface area contributed by atoms with Crippen molar-refractivity contribution in [2.24, 2.45) is 0 Å². The number of fused-ring (bicyclic) bond motifs is 1. The summed E-state index contributed by atoms with van der Waals surface area (Å²) in [5.41, 5.74) is 10.5. The lowest BCUT2D eigenvalue weighted by Gasteiger charge is -2.10. The monoisotopic (exact) mass is 376 g/mol. The van der Waals surface area contributed by atoms with Crippen molar-refractivity contribution < 1.29 is 9.32 Å². The van der Waals surface area contributed by atoms with Crippen molar-refractivity contribution in [3.63, 3.8) is 0 Å². The van der Waals surface area contributed by atoms with Gasteiger partial charge in [0.1, 0.15) is 11.5 Å². The molecule has 0 saturated carbocycles. The number of para-hydroxylation sites is 1. The van der Waals surface area contributed by atoms with E-state index < -0.39 is 0 Å². The molecule has 3 aromatic heterocycles. The molecule has 1 amide bonds. The third-order valence-corrected chi connectivity index (χ3v) is 4.66. The fourth-order valence-corrected chi connectivity index (χ4v) is 3.20. The number of carbonyl (C=O) groups is 1. The van der Waals surface area contributed by atoms with Crippen molar-refractivity contribution in [1.29, 1.82) is 0 Å². The highest BCUT2D eigenvalue weighted by atomic mass is 16.5. The van der Waals surface area contributed by atoms with E-state index in [0.29, 0.717) is 24.5 Å². The third kappa shape index (κ3) is 3.44. The van der Waals surface area contributed by atoms with E-state index >= 15 is 0 Å². The van der Waals surface area contributed by atoms with Gasteiger partial charge in [-0.3, -0.25) is 9.48 Å². The molecule has 0 atom stereocenters. The van der Waals surface area contributed by atoms with E-state index in [2.05, 4.69) is 20.6 Å². The second-order valence-corrected chi connectivity index (χ2v) is 6.66. The van der Waals surface area contributed by atoms with E-state index in [1.807, 2.05) is 38.1 Å². The maximum Gasteiger partial charge on any atom is 0.254 e. The molecule has 0 aliphatic heterocycles. The van der Waals surface area contributed by atoms with Crippen LogP contribution in [0.25, 0.3) is 11.0 Å². The Morgan fingerprint density at radius 1 is 1.29 bits per heavy atom. The number of nitrogens with zero attached hydrogens (tertiary/aromatic N) is 4. The van der Waals surface area contributed by atoms with Gasteiger partial charge in [-0.2, -0.15) is 5.10 Å². The zero-order chi connectivity index (χ0) is 19.7. The highest BCUT2D eigenvalue weighted by Crippen LogP contribution is 2.19. The van der Waals surface area contributed by atoms with E-state index in [-0.39, 0.29) is 5.91 Å². The van der Waals surface area contributed by atoms with Crippen LogP contribution in [0, 0.1) is 13.8 Å². The SMILES string of the molecule is Cc1cc(N)nc(C)c1CNC(=O)c1cnn(Cc2noc3ccccc23)c1. The van der Waals surface area contributed by atoms with Crippen molar-refractivity contribution in [3.05, 3.63) is 70.8 Å². The summed E-state index contributed by atoms with van der Waals surface area (Å²) < 4.78 is 6.98. The molecule has 8 heteroatoms. The molecular weight excluding hydrogens is 356 g/mol. The molecule has 142 valence electrons. The molecule has 0 fully saturated rings. The number of nitrogens with one attached hydrogen (secondary N) is 1. The summed E-state index contributed by atoms with van der Waals surface area (Å²) >= 11 is 0. The van der Waals surface area contributed by atoms with Gasteiger partial charge in [0.25, 0.3) is 5.91 Å². The molecule has 0 spiro atoms. The second kappa shape index (κ2) is 7.15. The molecule has 0 saturated heterocycles. The number of anilines is 1. The fourth-order valence-electron chi connectivity index (χ4n) is 3.20. The Morgan fingerprint density at radius 2 is 2.11 bits per heavy atom. The Hall–Kier alpha value is -3.68. The molecule has 4 aromatic rings. The highest BCUT2D eigenvalue weighted by Gasteiger charge is 2.13. The third-order valence-electron chi connectivity index (χ3n) is 4.66. The van der Waals surface area contributed by atoms with Crippen LogP contribution < -0.4 is 11.1 Å². The Labute approximate surface area is 161 Å². The van der Waals surface area contributed by atoms with E-state index in [4.69, 9.17) is 10.3 Å². The van der Waals surface area contributed by atoms with Gasteiger partial charge < -0.3 is 15.6 Å². The van der Waals surface area contributed by atoms with E-state index in [1.165, 1.54) is 0 Å². The second-order valence-electron chi connectivity index (χ2n) is 6.66. The molecule has 8 nitrogen and oxygen atoms in total. The normalized spacial score (nSPS) is 11.1. The average molecular weight is 376 g/mol. The molecule has 0 radical (unpaired) electrons. The Morgan fingerprint density at radius 3 is 2.93 bits per heavy atom. The van der Waals surface area contributed by atoms with Crippen LogP contribution in [0.5, 0.6) is 0 Å². The van der Waals surface area contributed by atoms with Crippen molar-refractivity contribution >= 4 is 22.7 Å². The molecule has 1 aromatic carbocycles. The molecule has 0 bridgehead atoms. The maximum atomic E-state index is 12.5. The van der Waals surface area contributed by atoms with Gasteiger partial charge in [-0.05, 0) is 43.2 Å². The number of carbonyl (C=O) groups excluding carboxylic acids is 1. The van der Waals surface area contributed by atoms with Crippen LogP contribution in [-0.4, -0.2) is 25.8 Å². The summed E-state index contributed by atoms with van der Waals surface area (Å²) in [6, 6.07) is 9.44. The fraction of sp³-hybridized carbons (Fsp3) is 0.200. The number of pyridine rings is 1. The van der Waals surface area contributed by atoms with Crippen molar-refractivity contribution in [2.75, 3.05) is 5.73 Å².